The van der Waals surface area contributed by atoms with Crippen LogP contribution in [-0.2, 0) is 0 Å². The van der Waals surface area contributed by atoms with Crippen molar-refractivity contribution in [2.75, 3.05) is 10.7 Å². The molecule has 0 unspecified atom stereocenters. The van der Waals surface area contributed by atoms with E-state index in [-0.39, 0.29) is 6.07 Å². The van der Waals surface area contributed by atoms with Gasteiger partial charge >= 0.3 is 0 Å². The zero-order valence-corrected chi connectivity index (χ0v) is 10.3. The van der Waals surface area contributed by atoms with Crippen LogP contribution in [0.2, 0.25) is 0 Å². The molecule has 1 amide bonds. The molecule has 1 aromatic heterocycles. The molecule has 9 heteroatoms. The van der Waals surface area contributed by atoms with Gasteiger partial charge in [-0.25, -0.2) is 28.4 Å². The van der Waals surface area contributed by atoms with Gasteiger partial charge in [0, 0.05) is 18.3 Å². The molecule has 4 N–H and O–H groups in total. The number of rotatable bonds is 3. The minimum Gasteiger partial charge on any atom is -0.319 e. The summed E-state index contributed by atoms with van der Waals surface area (Å²) in [5.74, 6) is -1.50. The molecule has 5 nitrogen and oxygen atoms in total. The number of amides is 1. The number of aromatic nitrogens is 1. The Balaban J connectivity index is 2.33. The highest BCUT2D eigenvalue weighted by Gasteiger charge is 2.18. The Morgan fingerprint density at radius 1 is 1.10 bits per heavy atom. The van der Waals surface area contributed by atoms with Crippen molar-refractivity contribution in [1.82, 2.24) is 4.98 Å². The van der Waals surface area contributed by atoms with E-state index in [9.17, 15) is 22.4 Å². The highest BCUT2D eigenvalue weighted by molar-refractivity contribution is 6.04. The lowest BCUT2D eigenvalue weighted by Gasteiger charge is -2.09. The monoisotopic (exact) mass is 300 g/mol. The maximum absolute atomic E-state index is 13.8. The molecule has 0 radical (unpaired) electrons. The van der Waals surface area contributed by atoms with Gasteiger partial charge in [0.2, 0.25) is 0 Å². The van der Waals surface area contributed by atoms with E-state index in [1.165, 1.54) is 0 Å². The topological polar surface area (TPSA) is 80.0 Å². The SMILES string of the molecule is NNc1nccc(C(=O)Nc2cc(F)c(F)cc2F)c1F. The number of anilines is 2. The van der Waals surface area contributed by atoms with Crippen molar-refractivity contribution in [2.24, 2.45) is 5.84 Å². The summed E-state index contributed by atoms with van der Waals surface area (Å²) in [7, 11) is 0. The summed E-state index contributed by atoms with van der Waals surface area (Å²) in [4.78, 5) is 15.3. The van der Waals surface area contributed by atoms with E-state index in [2.05, 4.69) is 4.98 Å². The Hall–Kier alpha value is -2.68. The summed E-state index contributed by atoms with van der Waals surface area (Å²) in [6.45, 7) is 0. The number of hydrogen-bond acceptors (Lipinski definition) is 4. The standard InChI is InChI=1S/C12H8F4N4O/c13-6-3-8(15)9(4-7(6)14)19-12(21)5-1-2-18-11(20-17)10(5)16/h1-4H,17H2,(H,18,20)(H,19,21). The van der Waals surface area contributed by atoms with Crippen LogP contribution in [0.1, 0.15) is 10.4 Å². The molecule has 0 aliphatic heterocycles. The molecule has 2 rings (SSSR count). The number of carbonyl (C=O) groups is 1. The van der Waals surface area contributed by atoms with Crippen LogP contribution in [0.15, 0.2) is 24.4 Å². The molecule has 0 fully saturated rings. The smallest absolute Gasteiger partial charge is 0.258 e. The zero-order chi connectivity index (χ0) is 15.6. The fourth-order valence-electron chi connectivity index (χ4n) is 1.53. The Morgan fingerprint density at radius 2 is 1.76 bits per heavy atom. The van der Waals surface area contributed by atoms with Crippen molar-refractivity contribution >= 4 is 17.4 Å². The summed E-state index contributed by atoms with van der Waals surface area (Å²) < 4.78 is 52.9. The van der Waals surface area contributed by atoms with Crippen LogP contribution in [0.5, 0.6) is 0 Å². The Morgan fingerprint density at radius 3 is 2.43 bits per heavy atom. The van der Waals surface area contributed by atoms with Gasteiger partial charge in [0.05, 0.1) is 11.3 Å². The summed E-state index contributed by atoms with van der Waals surface area (Å²) in [6.07, 6.45) is 1.09. The Kier molecular flexibility index (Phi) is 4.03. The molecular weight excluding hydrogens is 292 g/mol. The number of hydrogen-bond donors (Lipinski definition) is 3. The minimum absolute atomic E-state index is 0.265. The van der Waals surface area contributed by atoms with E-state index in [0.717, 1.165) is 12.3 Å². The van der Waals surface area contributed by atoms with Crippen molar-refractivity contribution in [1.29, 1.82) is 0 Å². The molecule has 21 heavy (non-hydrogen) atoms. The first-order chi connectivity index (χ1) is 9.93. The third-order valence-corrected chi connectivity index (χ3v) is 2.53. The van der Waals surface area contributed by atoms with E-state index in [1.807, 2.05) is 10.7 Å². The van der Waals surface area contributed by atoms with Gasteiger partial charge in [0.25, 0.3) is 5.91 Å². The van der Waals surface area contributed by atoms with E-state index >= 15 is 0 Å². The van der Waals surface area contributed by atoms with Crippen LogP contribution in [0, 0.1) is 23.3 Å². The van der Waals surface area contributed by atoms with Crippen LogP contribution in [0.25, 0.3) is 0 Å². The molecule has 2 aromatic rings. The summed E-state index contributed by atoms with van der Waals surface area (Å²) in [5.41, 5.74) is 0.807. The first kappa shape index (κ1) is 14.7. The Labute approximate surface area is 115 Å². The second-order valence-electron chi connectivity index (χ2n) is 3.87. The van der Waals surface area contributed by atoms with Crippen LogP contribution in [0.3, 0.4) is 0 Å². The van der Waals surface area contributed by atoms with Crippen LogP contribution >= 0.6 is 0 Å². The van der Waals surface area contributed by atoms with Gasteiger partial charge in [0.1, 0.15) is 5.82 Å². The number of nitrogen functional groups attached to an aromatic ring is 1. The summed E-state index contributed by atoms with van der Waals surface area (Å²) >= 11 is 0. The van der Waals surface area contributed by atoms with Crippen LogP contribution in [0.4, 0.5) is 29.1 Å². The first-order valence-electron chi connectivity index (χ1n) is 5.51. The van der Waals surface area contributed by atoms with Gasteiger partial charge in [0.15, 0.2) is 23.3 Å². The molecule has 1 heterocycles. The molecule has 0 aliphatic rings. The molecule has 0 atom stereocenters. The van der Waals surface area contributed by atoms with Gasteiger partial charge < -0.3 is 10.7 Å². The van der Waals surface area contributed by atoms with Crippen molar-refractivity contribution in [3.63, 3.8) is 0 Å². The second kappa shape index (κ2) is 5.75. The van der Waals surface area contributed by atoms with Gasteiger partial charge in [-0.2, -0.15) is 0 Å². The van der Waals surface area contributed by atoms with Crippen LogP contribution < -0.4 is 16.6 Å². The van der Waals surface area contributed by atoms with Gasteiger partial charge in [-0.1, -0.05) is 0 Å². The maximum Gasteiger partial charge on any atom is 0.258 e. The predicted octanol–water partition coefficient (Wildman–Crippen LogP) is 2.18. The number of carbonyl (C=O) groups excluding carboxylic acids is 1. The van der Waals surface area contributed by atoms with Crippen molar-refractivity contribution in [2.45, 2.75) is 0 Å². The zero-order valence-electron chi connectivity index (χ0n) is 10.3. The predicted molar refractivity (Wildman–Crippen MR) is 66.3 cm³/mol. The molecule has 0 saturated heterocycles. The number of nitrogens with two attached hydrogens (primary N) is 1. The largest absolute Gasteiger partial charge is 0.319 e. The third-order valence-electron chi connectivity index (χ3n) is 2.53. The Bertz CT molecular complexity index is 708. The van der Waals surface area contributed by atoms with E-state index in [0.29, 0.717) is 6.07 Å². The highest BCUT2D eigenvalue weighted by atomic mass is 19.2. The van der Waals surface area contributed by atoms with Gasteiger partial charge in [-0.05, 0) is 6.07 Å². The number of halogens is 4. The average molecular weight is 300 g/mol. The average Bonchev–Trinajstić information content (AvgIpc) is 2.44. The first-order valence-corrected chi connectivity index (χ1v) is 5.51. The number of nitrogens with one attached hydrogen (secondary N) is 2. The summed E-state index contributed by atoms with van der Waals surface area (Å²) in [6, 6.07) is 1.73. The molecule has 110 valence electrons. The second-order valence-corrected chi connectivity index (χ2v) is 3.87. The quantitative estimate of drug-likeness (QED) is 0.351. The van der Waals surface area contributed by atoms with Gasteiger partial charge in [-0.3, -0.25) is 4.79 Å². The molecule has 1 aromatic carbocycles. The number of nitrogens with zero attached hydrogens (tertiary/aromatic N) is 1. The fraction of sp³-hybridized carbons (Fsp3) is 0. The minimum atomic E-state index is -1.41. The highest BCUT2D eigenvalue weighted by Crippen LogP contribution is 2.20. The lowest BCUT2D eigenvalue weighted by molar-refractivity contribution is 0.102. The summed E-state index contributed by atoms with van der Waals surface area (Å²) in [5, 5.41) is 1.93. The molecular formula is C12H8F4N4O. The number of pyridine rings is 1. The molecule has 0 bridgehead atoms. The fourth-order valence-corrected chi connectivity index (χ4v) is 1.53. The molecule has 0 aliphatic carbocycles. The van der Waals surface area contributed by atoms with E-state index < -0.39 is 46.2 Å². The van der Waals surface area contributed by atoms with E-state index in [4.69, 9.17) is 5.84 Å². The maximum atomic E-state index is 13.8. The van der Waals surface area contributed by atoms with Crippen molar-refractivity contribution in [3.05, 3.63) is 53.2 Å². The van der Waals surface area contributed by atoms with Crippen LogP contribution in [-0.4, -0.2) is 10.9 Å². The van der Waals surface area contributed by atoms with Gasteiger partial charge in [-0.15, -0.1) is 0 Å². The molecule has 0 spiro atoms. The normalized spacial score (nSPS) is 10.3. The number of hydrazine groups is 1. The lowest BCUT2D eigenvalue weighted by Crippen LogP contribution is -2.18. The lowest BCUT2D eigenvalue weighted by atomic mass is 10.2. The van der Waals surface area contributed by atoms with E-state index in [1.54, 1.807) is 0 Å². The van der Waals surface area contributed by atoms with Crippen molar-refractivity contribution < 1.29 is 22.4 Å². The molecule has 0 saturated carbocycles. The third kappa shape index (κ3) is 2.92. The number of benzene rings is 1. The van der Waals surface area contributed by atoms with Crippen molar-refractivity contribution in [3.8, 4) is 0 Å².